The number of rotatable bonds is 7. The largest absolute Gasteiger partial charge is 0.419 e. The zero-order valence-electron chi connectivity index (χ0n) is 11.7. The van der Waals surface area contributed by atoms with E-state index in [9.17, 15) is 13.2 Å². The molecule has 6 heteroatoms. The first-order valence-electron chi connectivity index (χ1n) is 6.87. The van der Waals surface area contributed by atoms with Gasteiger partial charge in [-0.3, -0.25) is 0 Å². The number of alkyl halides is 3. The Kier molecular flexibility index (Phi) is 6.79. The van der Waals surface area contributed by atoms with Crippen molar-refractivity contribution in [2.24, 2.45) is 0 Å². The van der Waals surface area contributed by atoms with Gasteiger partial charge in [-0.15, -0.1) is 0 Å². The third kappa shape index (κ3) is 5.31. The Morgan fingerprint density at radius 3 is 2.50 bits per heavy atom. The second kappa shape index (κ2) is 7.86. The lowest BCUT2D eigenvalue weighted by atomic mass is 10.0. The number of halogens is 4. The van der Waals surface area contributed by atoms with Crippen molar-refractivity contribution in [1.82, 2.24) is 4.98 Å². The third-order valence-electron chi connectivity index (χ3n) is 3.04. The lowest BCUT2D eigenvalue weighted by Gasteiger charge is -2.21. The monoisotopic (exact) mass is 352 g/mol. The lowest BCUT2D eigenvalue weighted by Crippen LogP contribution is -2.22. The molecule has 0 radical (unpaired) electrons. The van der Waals surface area contributed by atoms with Crippen LogP contribution >= 0.6 is 15.9 Å². The molecular weight excluding hydrogens is 333 g/mol. The van der Waals surface area contributed by atoms with Crippen LogP contribution in [0.2, 0.25) is 0 Å². The highest BCUT2D eigenvalue weighted by molar-refractivity contribution is 9.10. The highest BCUT2D eigenvalue weighted by atomic mass is 79.9. The number of pyridine rings is 1. The molecule has 0 spiro atoms. The van der Waals surface area contributed by atoms with Crippen LogP contribution in [0.5, 0.6) is 0 Å². The molecular formula is C14H20BrF3N2. The molecule has 0 saturated carbocycles. The SMILES string of the molecule is CCCCC(CCC)Nc1ncc(Br)cc1C(F)(F)F. The molecule has 1 rings (SSSR count). The molecule has 0 saturated heterocycles. The quantitative estimate of drug-likeness (QED) is 0.687. The molecule has 0 aliphatic heterocycles. The fourth-order valence-corrected chi connectivity index (χ4v) is 2.38. The van der Waals surface area contributed by atoms with Crippen LogP contribution in [-0.4, -0.2) is 11.0 Å². The zero-order chi connectivity index (χ0) is 15.2. The van der Waals surface area contributed by atoms with Gasteiger partial charge in [-0.2, -0.15) is 13.2 Å². The van der Waals surface area contributed by atoms with Gasteiger partial charge >= 0.3 is 6.18 Å². The molecule has 114 valence electrons. The molecule has 0 fully saturated rings. The Bertz CT molecular complexity index is 421. The van der Waals surface area contributed by atoms with Crippen molar-refractivity contribution in [2.45, 2.75) is 58.2 Å². The number of hydrogen-bond acceptors (Lipinski definition) is 2. The van der Waals surface area contributed by atoms with E-state index >= 15 is 0 Å². The van der Waals surface area contributed by atoms with Crippen LogP contribution in [-0.2, 0) is 6.18 Å². The standard InChI is InChI=1S/C14H20BrF3N2/c1-3-5-7-11(6-4-2)20-13-12(14(16,17)18)8-10(15)9-19-13/h8-9,11H,3-7H2,1-2H3,(H,19,20). The number of nitrogens with one attached hydrogen (secondary N) is 1. The Balaban J connectivity index is 2.93. The number of nitrogens with zero attached hydrogens (tertiary/aromatic N) is 1. The van der Waals surface area contributed by atoms with Gasteiger partial charge in [-0.25, -0.2) is 4.98 Å². The van der Waals surface area contributed by atoms with Gasteiger partial charge in [0.2, 0.25) is 0 Å². The van der Waals surface area contributed by atoms with Crippen LogP contribution < -0.4 is 5.32 Å². The molecule has 0 aliphatic rings. The maximum Gasteiger partial charge on any atom is 0.419 e. The second-order valence-corrected chi connectivity index (χ2v) is 5.74. The van der Waals surface area contributed by atoms with Crippen molar-refractivity contribution < 1.29 is 13.2 Å². The number of anilines is 1. The maximum atomic E-state index is 13.0. The fraction of sp³-hybridized carbons (Fsp3) is 0.643. The zero-order valence-corrected chi connectivity index (χ0v) is 13.3. The second-order valence-electron chi connectivity index (χ2n) is 4.82. The molecule has 20 heavy (non-hydrogen) atoms. The molecule has 0 aromatic carbocycles. The van der Waals surface area contributed by atoms with Gasteiger partial charge < -0.3 is 5.32 Å². The fourth-order valence-electron chi connectivity index (χ4n) is 2.05. The molecule has 0 aliphatic carbocycles. The van der Waals surface area contributed by atoms with Crippen molar-refractivity contribution in [3.05, 3.63) is 22.3 Å². The van der Waals surface area contributed by atoms with E-state index in [1.54, 1.807) is 0 Å². The van der Waals surface area contributed by atoms with Crippen molar-refractivity contribution in [3.8, 4) is 0 Å². The average Bonchev–Trinajstić information content (AvgIpc) is 2.37. The third-order valence-corrected chi connectivity index (χ3v) is 3.48. The maximum absolute atomic E-state index is 13.0. The summed E-state index contributed by atoms with van der Waals surface area (Å²) in [7, 11) is 0. The predicted octanol–water partition coefficient (Wildman–Crippen LogP) is 5.63. The van der Waals surface area contributed by atoms with Gasteiger partial charge in [-0.05, 0) is 34.8 Å². The Hall–Kier alpha value is -0.780. The molecule has 1 heterocycles. The van der Waals surface area contributed by atoms with E-state index in [2.05, 4.69) is 33.2 Å². The summed E-state index contributed by atoms with van der Waals surface area (Å²) in [5.74, 6) is -0.0738. The van der Waals surface area contributed by atoms with Crippen LogP contribution in [0.4, 0.5) is 19.0 Å². The minimum Gasteiger partial charge on any atom is -0.367 e. The molecule has 1 unspecified atom stereocenters. The smallest absolute Gasteiger partial charge is 0.367 e. The van der Waals surface area contributed by atoms with Gasteiger partial charge in [0.15, 0.2) is 0 Å². The highest BCUT2D eigenvalue weighted by Gasteiger charge is 2.35. The normalized spacial score (nSPS) is 13.3. The van der Waals surface area contributed by atoms with E-state index < -0.39 is 11.7 Å². The molecule has 1 aromatic heterocycles. The van der Waals surface area contributed by atoms with Crippen molar-refractivity contribution in [2.75, 3.05) is 5.32 Å². The summed E-state index contributed by atoms with van der Waals surface area (Å²) in [5, 5.41) is 2.97. The van der Waals surface area contributed by atoms with Crippen LogP contribution in [0.1, 0.15) is 51.5 Å². The summed E-state index contributed by atoms with van der Waals surface area (Å²) in [6, 6.07) is 1.10. The summed E-state index contributed by atoms with van der Waals surface area (Å²) in [6.07, 6.45) is 1.64. The van der Waals surface area contributed by atoms with Crippen LogP contribution in [0, 0.1) is 0 Å². The molecule has 0 bridgehead atoms. The molecule has 2 nitrogen and oxygen atoms in total. The first-order valence-corrected chi connectivity index (χ1v) is 7.67. The van der Waals surface area contributed by atoms with Crippen molar-refractivity contribution >= 4 is 21.7 Å². The Morgan fingerprint density at radius 2 is 1.95 bits per heavy atom. The van der Waals surface area contributed by atoms with Crippen LogP contribution in [0.3, 0.4) is 0 Å². The van der Waals surface area contributed by atoms with Crippen molar-refractivity contribution in [3.63, 3.8) is 0 Å². The molecule has 1 atom stereocenters. The highest BCUT2D eigenvalue weighted by Crippen LogP contribution is 2.35. The number of hydrogen-bond donors (Lipinski definition) is 1. The summed E-state index contributed by atoms with van der Waals surface area (Å²) < 4.78 is 39.4. The average molecular weight is 353 g/mol. The van der Waals surface area contributed by atoms with Gasteiger partial charge in [0.25, 0.3) is 0 Å². The Labute approximate surface area is 126 Å². The minimum atomic E-state index is -4.40. The van der Waals surface area contributed by atoms with Crippen LogP contribution in [0.15, 0.2) is 16.7 Å². The molecule has 0 amide bonds. The predicted molar refractivity (Wildman–Crippen MR) is 78.8 cm³/mol. The van der Waals surface area contributed by atoms with E-state index in [0.29, 0.717) is 4.47 Å². The van der Waals surface area contributed by atoms with Gasteiger partial charge in [-0.1, -0.05) is 33.1 Å². The first-order chi connectivity index (χ1) is 9.38. The minimum absolute atomic E-state index is 0.0368. The van der Waals surface area contributed by atoms with E-state index in [-0.39, 0.29) is 11.9 Å². The summed E-state index contributed by atoms with van der Waals surface area (Å²) in [4.78, 5) is 3.90. The number of unbranched alkanes of at least 4 members (excludes halogenated alkanes) is 1. The van der Waals surface area contributed by atoms with E-state index in [1.807, 2.05) is 6.92 Å². The first kappa shape index (κ1) is 17.3. The lowest BCUT2D eigenvalue weighted by molar-refractivity contribution is -0.137. The van der Waals surface area contributed by atoms with E-state index in [4.69, 9.17) is 0 Å². The number of aromatic nitrogens is 1. The molecule has 1 N–H and O–H groups in total. The van der Waals surface area contributed by atoms with Crippen molar-refractivity contribution in [1.29, 1.82) is 0 Å². The Morgan fingerprint density at radius 1 is 1.25 bits per heavy atom. The summed E-state index contributed by atoms with van der Waals surface area (Å²) in [5.41, 5.74) is -0.718. The van der Waals surface area contributed by atoms with Crippen LogP contribution in [0.25, 0.3) is 0 Å². The van der Waals surface area contributed by atoms with E-state index in [0.717, 1.165) is 38.2 Å². The summed E-state index contributed by atoms with van der Waals surface area (Å²) in [6.45, 7) is 4.10. The molecule has 1 aromatic rings. The van der Waals surface area contributed by atoms with E-state index in [1.165, 1.54) is 6.20 Å². The summed E-state index contributed by atoms with van der Waals surface area (Å²) >= 11 is 3.04. The topological polar surface area (TPSA) is 24.9 Å². The van der Waals surface area contributed by atoms with Gasteiger partial charge in [0, 0.05) is 16.7 Å². The van der Waals surface area contributed by atoms with Gasteiger partial charge in [0.05, 0.1) is 5.56 Å². The van der Waals surface area contributed by atoms with Gasteiger partial charge in [0.1, 0.15) is 5.82 Å².